The zero-order valence-corrected chi connectivity index (χ0v) is 18.3. The highest BCUT2D eigenvalue weighted by molar-refractivity contribution is 5.58. The molecule has 2 heterocycles. The van der Waals surface area contributed by atoms with Crippen molar-refractivity contribution >= 4 is 11.4 Å². The first-order chi connectivity index (χ1) is 16.0. The summed E-state index contributed by atoms with van der Waals surface area (Å²) in [5.74, 6) is 1.50. The van der Waals surface area contributed by atoms with Gasteiger partial charge in [-0.25, -0.2) is 0 Å². The molecule has 1 fully saturated rings. The van der Waals surface area contributed by atoms with E-state index >= 15 is 0 Å². The van der Waals surface area contributed by atoms with E-state index < -0.39 is 4.92 Å². The summed E-state index contributed by atoms with van der Waals surface area (Å²) in [6, 6.07) is 15.5. The number of non-ortho nitro benzene ring substituents is 1. The van der Waals surface area contributed by atoms with Gasteiger partial charge in [-0.1, -0.05) is 24.3 Å². The number of rotatable bonds is 8. The molecule has 9 heteroatoms. The largest absolute Gasteiger partial charge is 0.495 e. The van der Waals surface area contributed by atoms with E-state index in [9.17, 15) is 14.9 Å². The van der Waals surface area contributed by atoms with Crippen molar-refractivity contribution < 1.29 is 18.8 Å². The van der Waals surface area contributed by atoms with E-state index in [0.717, 1.165) is 37.6 Å². The minimum Gasteiger partial charge on any atom is -0.495 e. The van der Waals surface area contributed by atoms with Crippen molar-refractivity contribution in [3.63, 3.8) is 0 Å². The minimum atomic E-state index is -0.469. The maximum Gasteiger partial charge on any atom is 0.269 e. The van der Waals surface area contributed by atoms with Gasteiger partial charge in [0, 0.05) is 44.4 Å². The lowest BCUT2D eigenvalue weighted by molar-refractivity contribution is -0.384. The number of piperazine rings is 1. The number of nitrogens with zero attached hydrogens (tertiary/aromatic N) is 3. The SMILES string of the molecule is COc1ccccc1N1CCN(Cc2cc(=O)c(OCc3cccc([N+](=O)[O-])c3)co2)CC1. The summed E-state index contributed by atoms with van der Waals surface area (Å²) in [4.78, 5) is 27.4. The molecule has 9 nitrogen and oxygen atoms in total. The molecule has 0 radical (unpaired) electrons. The molecule has 3 aromatic rings. The van der Waals surface area contributed by atoms with Gasteiger partial charge in [-0.2, -0.15) is 0 Å². The van der Waals surface area contributed by atoms with Crippen LogP contribution < -0.4 is 19.8 Å². The molecule has 0 saturated carbocycles. The second kappa shape index (κ2) is 10.2. The first kappa shape index (κ1) is 22.3. The van der Waals surface area contributed by atoms with Crippen LogP contribution in [0.15, 0.2) is 70.1 Å². The Morgan fingerprint density at radius 1 is 1.03 bits per heavy atom. The van der Waals surface area contributed by atoms with E-state index in [4.69, 9.17) is 13.9 Å². The highest BCUT2D eigenvalue weighted by Crippen LogP contribution is 2.28. The molecular formula is C24H25N3O6. The van der Waals surface area contributed by atoms with Crippen molar-refractivity contribution in [3.8, 4) is 11.5 Å². The molecular weight excluding hydrogens is 426 g/mol. The minimum absolute atomic E-state index is 0.0238. The van der Waals surface area contributed by atoms with Crippen molar-refractivity contribution in [2.75, 3.05) is 38.2 Å². The molecule has 0 bridgehead atoms. The van der Waals surface area contributed by atoms with Gasteiger partial charge in [-0.15, -0.1) is 0 Å². The van der Waals surface area contributed by atoms with E-state index in [0.29, 0.717) is 17.9 Å². The molecule has 4 rings (SSSR count). The maximum atomic E-state index is 12.5. The molecule has 33 heavy (non-hydrogen) atoms. The fraction of sp³-hybridized carbons (Fsp3) is 0.292. The standard InChI is InChI=1S/C24H25N3O6/c1-31-23-8-3-2-7-21(23)26-11-9-25(10-12-26)15-20-14-22(28)24(17-32-20)33-16-18-5-4-6-19(13-18)27(29)30/h2-8,13-14,17H,9-12,15-16H2,1H3. The van der Waals surface area contributed by atoms with Gasteiger partial charge in [0.25, 0.3) is 5.69 Å². The van der Waals surface area contributed by atoms with E-state index in [2.05, 4.69) is 15.9 Å². The summed E-state index contributed by atoms with van der Waals surface area (Å²) in [7, 11) is 1.67. The van der Waals surface area contributed by atoms with Gasteiger partial charge in [-0.05, 0) is 17.7 Å². The van der Waals surface area contributed by atoms with Gasteiger partial charge in [0.1, 0.15) is 24.4 Å². The van der Waals surface area contributed by atoms with Crippen molar-refractivity contribution in [1.82, 2.24) is 4.90 Å². The number of benzene rings is 2. The van der Waals surface area contributed by atoms with Crippen LogP contribution in [0.1, 0.15) is 11.3 Å². The molecule has 1 aliphatic heterocycles. The third kappa shape index (κ3) is 5.50. The molecule has 1 aromatic heterocycles. The molecule has 0 unspecified atom stereocenters. The van der Waals surface area contributed by atoms with Crippen molar-refractivity contribution in [2.45, 2.75) is 13.2 Å². The molecule has 0 N–H and O–H groups in total. The van der Waals surface area contributed by atoms with Crippen LogP contribution in [0.4, 0.5) is 11.4 Å². The molecule has 172 valence electrons. The zero-order chi connectivity index (χ0) is 23.2. The quantitative estimate of drug-likeness (QED) is 0.379. The first-order valence-corrected chi connectivity index (χ1v) is 10.6. The van der Waals surface area contributed by atoms with E-state index in [1.165, 1.54) is 24.5 Å². The molecule has 0 aliphatic carbocycles. The predicted molar refractivity (Wildman–Crippen MR) is 123 cm³/mol. The predicted octanol–water partition coefficient (Wildman–Crippen LogP) is 3.46. The van der Waals surface area contributed by atoms with Crippen LogP contribution in [0, 0.1) is 10.1 Å². The summed E-state index contributed by atoms with van der Waals surface area (Å²) < 4.78 is 16.6. The summed E-state index contributed by atoms with van der Waals surface area (Å²) in [5.41, 5.74) is 1.37. The number of hydrogen-bond acceptors (Lipinski definition) is 8. The Kier molecular flexibility index (Phi) is 6.89. The highest BCUT2D eigenvalue weighted by Gasteiger charge is 2.20. The maximum absolute atomic E-state index is 12.5. The van der Waals surface area contributed by atoms with E-state index in [-0.39, 0.29) is 23.5 Å². The third-order valence-electron chi connectivity index (χ3n) is 5.55. The first-order valence-electron chi connectivity index (χ1n) is 10.6. The summed E-state index contributed by atoms with van der Waals surface area (Å²) >= 11 is 0. The van der Waals surface area contributed by atoms with Gasteiger partial charge >= 0.3 is 0 Å². The van der Waals surface area contributed by atoms with Crippen molar-refractivity contribution in [2.24, 2.45) is 0 Å². The van der Waals surface area contributed by atoms with Gasteiger partial charge in [-0.3, -0.25) is 19.8 Å². The third-order valence-corrected chi connectivity index (χ3v) is 5.55. The smallest absolute Gasteiger partial charge is 0.269 e. The Bertz CT molecular complexity index is 1170. The number of para-hydroxylation sites is 2. The zero-order valence-electron chi connectivity index (χ0n) is 18.3. The number of hydrogen-bond donors (Lipinski definition) is 0. The Hall–Kier alpha value is -3.85. The fourth-order valence-electron chi connectivity index (χ4n) is 3.81. The van der Waals surface area contributed by atoms with Crippen LogP contribution in [0.25, 0.3) is 0 Å². The molecule has 1 aliphatic rings. The van der Waals surface area contributed by atoms with Crippen LogP contribution in [0.2, 0.25) is 0 Å². The van der Waals surface area contributed by atoms with E-state index in [1.807, 2.05) is 18.2 Å². The van der Waals surface area contributed by atoms with Crippen molar-refractivity contribution in [3.05, 3.63) is 92.5 Å². The monoisotopic (exact) mass is 451 g/mol. The number of anilines is 1. The number of ether oxygens (including phenoxy) is 2. The highest BCUT2D eigenvalue weighted by atomic mass is 16.6. The molecule has 0 spiro atoms. The van der Waals surface area contributed by atoms with Crippen molar-refractivity contribution in [1.29, 1.82) is 0 Å². The van der Waals surface area contributed by atoms with Gasteiger partial charge < -0.3 is 18.8 Å². The number of methoxy groups -OCH3 is 1. The average molecular weight is 451 g/mol. The molecule has 0 atom stereocenters. The number of nitro benzene ring substituents is 1. The van der Waals surface area contributed by atoms with Crippen LogP contribution in [0.5, 0.6) is 11.5 Å². The normalized spacial score (nSPS) is 14.2. The Morgan fingerprint density at radius 3 is 2.55 bits per heavy atom. The molecule has 0 amide bonds. The Balaban J connectivity index is 1.32. The summed E-state index contributed by atoms with van der Waals surface area (Å²) in [6.45, 7) is 3.90. The second-order valence-corrected chi connectivity index (χ2v) is 7.73. The summed E-state index contributed by atoms with van der Waals surface area (Å²) in [5, 5.41) is 10.9. The van der Waals surface area contributed by atoms with Crippen LogP contribution in [-0.4, -0.2) is 43.1 Å². The van der Waals surface area contributed by atoms with Crippen LogP contribution in [-0.2, 0) is 13.2 Å². The topological polar surface area (TPSA) is 98.3 Å². The lowest BCUT2D eigenvalue weighted by atomic mass is 10.2. The van der Waals surface area contributed by atoms with E-state index in [1.54, 1.807) is 19.2 Å². The van der Waals surface area contributed by atoms with Gasteiger partial charge in [0.05, 0.1) is 24.3 Å². The molecule has 2 aromatic carbocycles. The lowest BCUT2D eigenvalue weighted by Crippen LogP contribution is -2.46. The number of nitro groups is 1. The lowest BCUT2D eigenvalue weighted by Gasteiger charge is -2.36. The fourth-order valence-corrected chi connectivity index (χ4v) is 3.81. The summed E-state index contributed by atoms with van der Waals surface area (Å²) in [6.07, 6.45) is 1.31. The van der Waals surface area contributed by atoms with Crippen LogP contribution in [0.3, 0.4) is 0 Å². The molecule has 1 saturated heterocycles. The van der Waals surface area contributed by atoms with Gasteiger partial charge in [0.2, 0.25) is 11.2 Å². The Labute approximate surface area is 190 Å². The second-order valence-electron chi connectivity index (χ2n) is 7.73. The Morgan fingerprint density at radius 2 is 1.82 bits per heavy atom. The van der Waals surface area contributed by atoms with Crippen LogP contribution >= 0.6 is 0 Å². The average Bonchev–Trinajstić information content (AvgIpc) is 2.84. The van der Waals surface area contributed by atoms with Gasteiger partial charge in [0.15, 0.2) is 0 Å².